The molecule has 1 aromatic carbocycles. The monoisotopic (exact) mass is 313 g/mol. The summed E-state index contributed by atoms with van der Waals surface area (Å²) in [6.45, 7) is 4.05. The lowest BCUT2D eigenvalue weighted by molar-refractivity contribution is -0.133. The van der Waals surface area contributed by atoms with Crippen LogP contribution in [0, 0.1) is 6.92 Å². The number of nitrogens with zero attached hydrogens (tertiary/aromatic N) is 3. The second kappa shape index (κ2) is 6.94. The molecule has 1 aliphatic rings. The Kier molecular flexibility index (Phi) is 4.74. The van der Waals surface area contributed by atoms with E-state index in [1.807, 2.05) is 36.1 Å². The minimum atomic E-state index is 0.0761. The Morgan fingerprint density at radius 1 is 1.30 bits per heavy atom. The lowest BCUT2D eigenvalue weighted by Gasteiger charge is -2.32. The highest BCUT2D eigenvalue weighted by Gasteiger charge is 2.25. The van der Waals surface area contributed by atoms with Crippen LogP contribution in [0.5, 0.6) is 0 Å². The van der Waals surface area contributed by atoms with Gasteiger partial charge in [0, 0.05) is 18.5 Å². The van der Waals surface area contributed by atoms with Crippen LogP contribution < -0.4 is 0 Å². The van der Waals surface area contributed by atoms with Gasteiger partial charge in [-0.2, -0.15) is 4.98 Å². The highest BCUT2D eigenvalue weighted by atomic mass is 16.5. The van der Waals surface area contributed by atoms with E-state index >= 15 is 0 Å². The number of benzene rings is 1. The molecule has 5 heteroatoms. The summed E-state index contributed by atoms with van der Waals surface area (Å²) in [6.07, 6.45) is 5.77. The lowest BCUT2D eigenvalue weighted by atomic mass is 9.94. The lowest BCUT2D eigenvalue weighted by Crippen LogP contribution is -2.39. The Hall–Kier alpha value is -2.17. The first-order chi connectivity index (χ1) is 11.1. The molecule has 0 saturated heterocycles. The van der Waals surface area contributed by atoms with E-state index in [0.29, 0.717) is 24.3 Å². The molecule has 1 fully saturated rings. The van der Waals surface area contributed by atoms with Crippen molar-refractivity contribution in [2.75, 3.05) is 0 Å². The summed E-state index contributed by atoms with van der Waals surface area (Å²) in [6, 6.07) is 8.30. The van der Waals surface area contributed by atoms with Crippen LogP contribution in [0.3, 0.4) is 0 Å². The number of carbonyl (C=O) groups excluding carboxylic acids is 1. The molecule has 0 radical (unpaired) electrons. The van der Waals surface area contributed by atoms with E-state index in [4.69, 9.17) is 4.52 Å². The van der Waals surface area contributed by atoms with Crippen LogP contribution in [0.2, 0.25) is 0 Å². The number of carbonyl (C=O) groups is 1. The number of aryl methyl sites for hydroxylation is 1. The van der Waals surface area contributed by atoms with E-state index in [9.17, 15) is 4.79 Å². The molecule has 0 N–H and O–H groups in total. The Morgan fingerprint density at radius 2 is 2.09 bits per heavy atom. The van der Waals surface area contributed by atoms with Gasteiger partial charge in [0.2, 0.25) is 17.6 Å². The zero-order valence-corrected chi connectivity index (χ0v) is 13.8. The van der Waals surface area contributed by atoms with Gasteiger partial charge in [0.05, 0.1) is 0 Å². The van der Waals surface area contributed by atoms with Crippen LogP contribution in [0.1, 0.15) is 50.5 Å². The van der Waals surface area contributed by atoms with Crippen LogP contribution in [0.25, 0.3) is 11.4 Å². The quantitative estimate of drug-likeness (QED) is 0.863. The average Bonchev–Trinajstić information content (AvgIpc) is 3.02. The Labute approximate surface area is 136 Å². The molecule has 0 atom stereocenters. The van der Waals surface area contributed by atoms with Crippen LogP contribution in [-0.4, -0.2) is 27.0 Å². The molecule has 1 amide bonds. The standard InChI is InChI=1S/C18H23N3O2/c1-13-7-6-8-15(11-13)18-19-17(23-20-18)12-21(14(2)22)16-9-4-3-5-10-16/h6-8,11,16H,3-5,9-10,12H2,1-2H3. The zero-order valence-electron chi connectivity index (χ0n) is 13.8. The summed E-state index contributed by atoms with van der Waals surface area (Å²) in [5, 5.41) is 4.06. The summed E-state index contributed by atoms with van der Waals surface area (Å²) in [5.74, 6) is 1.16. The fraction of sp³-hybridized carbons (Fsp3) is 0.500. The molecule has 3 rings (SSSR count). The maximum atomic E-state index is 12.0. The SMILES string of the molecule is CC(=O)N(Cc1nc(-c2cccc(C)c2)no1)C1CCCCC1. The number of amides is 1. The van der Waals surface area contributed by atoms with Crippen molar-refractivity contribution >= 4 is 5.91 Å². The van der Waals surface area contributed by atoms with E-state index in [2.05, 4.69) is 10.1 Å². The van der Waals surface area contributed by atoms with Crippen molar-refractivity contribution in [1.29, 1.82) is 0 Å². The first-order valence-corrected chi connectivity index (χ1v) is 8.30. The molecular weight excluding hydrogens is 290 g/mol. The van der Waals surface area contributed by atoms with Crippen molar-refractivity contribution in [2.45, 2.75) is 58.5 Å². The molecule has 1 saturated carbocycles. The van der Waals surface area contributed by atoms with Crippen molar-refractivity contribution < 1.29 is 9.32 Å². The third-order valence-corrected chi connectivity index (χ3v) is 4.47. The van der Waals surface area contributed by atoms with Crippen LogP contribution in [-0.2, 0) is 11.3 Å². The van der Waals surface area contributed by atoms with Gasteiger partial charge in [-0.25, -0.2) is 0 Å². The predicted molar refractivity (Wildman–Crippen MR) is 87.6 cm³/mol. The second-order valence-corrected chi connectivity index (χ2v) is 6.32. The smallest absolute Gasteiger partial charge is 0.246 e. The van der Waals surface area contributed by atoms with Crippen molar-refractivity contribution in [3.8, 4) is 11.4 Å². The fourth-order valence-electron chi connectivity index (χ4n) is 3.26. The predicted octanol–water partition coefficient (Wildman–Crippen LogP) is 3.73. The molecule has 122 valence electrons. The number of rotatable bonds is 4. The number of hydrogen-bond donors (Lipinski definition) is 0. The molecule has 1 heterocycles. The molecule has 5 nitrogen and oxygen atoms in total. The third-order valence-electron chi connectivity index (χ3n) is 4.47. The van der Waals surface area contributed by atoms with Gasteiger partial charge in [0.15, 0.2) is 0 Å². The van der Waals surface area contributed by atoms with E-state index < -0.39 is 0 Å². The van der Waals surface area contributed by atoms with Crippen molar-refractivity contribution in [3.05, 3.63) is 35.7 Å². The maximum absolute atomic E-state index is 12.0. The Balaban J connectivity index is 1.75. The minimum Gasteiger partial charge on any atom is -0.337 e. The third kappa shape index (κ3) is 3.78. The highest BCUT2D eigenvalue weighted by molar-refractivity contribution is 5.73. The molecule has 0 spiro atoms. The van der Waals surface area contributed by atoms with Gasteiger partial charge in [-0.05, 0) is 25.8 Å². The highest BCUT2D eigenvalue weighted by Crippen LogP contribution is 2.24. The van der Waals surface area contributed by atoms with Gasteiger partial charge in [0.1, 0.15) is 6.54 Å². The average molecular weight is 313 g/mol. The van der Waals surface area contributed by atoms with Gasteiger partial charge in [0.25, 0.3) is 0 Å². The van der Waals surface area contributed by atoms with E-state index in [1.54, 1.807) is 6.92 Å². The zero-order chi connectivity index (χ0) is 16.2. The fourth-order valence-corrected chi connectivity index (χ4v) is 3.26. The van der Waals surface area contributed by atoms with Gasteiger partial charge in [-0.1, -0.05) is 48.2 Å². The normalized spacial score (nSPS) is 15.6. The van der Waals surface area contributed by atoms with Gasteiger partial charge in [-0.15, -0.1) is 0 Å². The topological polar surface area (TPSA) is 59.2 Å². The van der Waals surface area contributed by atoms with Crippen molar-refractivity contribution in [3.63, 3.8) is 0 Å². The summed E-state index contributed by atoms with van der Waals surface area (Å²) in [4.78, 5) is 18.4. The summed E-state index contributed by atoms with van der Waals surface area (Å²) in [7, 11) is 0. The van der Waals surface area contributed by atoms with E-state index in [1.165, 1.54) is 19.3 Å². The first kappa shape index (κ1) is 15.7. The maximum Gasteiger partial charge on any atom is 0.246 e. The summed E-state index contributed by atoms with van der Waals surface area (Å²) >= 11 is 0. The Morgan fingerprint density at radius 3 is 2.78 bits per heavy atom. The molecule has 0 bridgehead atoms. The minimum absolute atomic E-state index is 0.0761. The Bertz CT molecular complexity index is 674. The number of aromatic nitrogens is 2. The van der Waals surface area contributed by atoms with E-state index in [-0.39, 0.29) is 5.91 Å². The second-order valence-electron chi connectivity index (χ2n) is 6.32. The molecule has 1 aromatic heterocycles. The summed E-state index contributed by atoms with van der Waals surface area (Å²) < 4.78 is 5.38. The largest absolute Gasteiger partial charge is 0.337 e. The van der Waals surface area contributed by atoms with Gasteiger partial charge >= 0.3 is 0 Å². The molecule has 0 aliphatic heterocycles. The molecule has 1 aliphatic carbocycles. The molecule has 23 heavy (non-hydrogen) atoms. The van der Waals surface area contributed by atoms with Crippen LogP contribution in [0.15, 0.2) is 28.8 Å². The number of hydrogen-bond acceptors (Lipinski definition) is 4. The molecule has 0 unspecified atom stereocenters. The van der Waals surface area contributed by atoms with Crippen LogP contribution >= 0.6 is 0 Å². The molecule has 2 aromatic rings. The summed E-state index contributed by atoms with van der Waals surface area (Å²) in [5.41, 5.74) is 2.09. The van der Waals surface area contributed by atoms with Gasteiger partial charge in [-0.3, -0.25) is 4.79 Å². The molecular formula is C18H23N3O2. The van der Waals surface area contributed by atoms with Crippen molar-refractivity contribution in [1.82, 2.24) is 15.0 Å². The van der Waals surface area contributed by atoms with Crippen LogP contribution in [0.4, 0.5) is 0 Å². The first-order valence-electron chi connectivity index (χ1n) is 8.30. The van der Waals surface area contributed by atoms with E-state index in [0.717, 1.165) is 24.0 Å². The van der Waals surface area contributed by atoms with Gasteiger partial charge < -0.3 is 9.42 Å². The van der Waals surface area contributed by atoms with Crippen molar-refractivity contribution in [2.24, 2.45) is 0 Å².